The summed E-state index contributed by atoms with van der Waals surface area (Å²) in [5, 5.41) is 3.31. The lowest BCUT2D eigenvalue weighted by molar-refractivity contribution is 0.405. The van der Waals surface area contributed by atoms with E-state index in [9.17, 15) is 0 Å². The Morgan fingerprint density at radius 2 is 1.92 bits per heavy atom. The highest BCUT2D eigenvalue weighted by atomic mass is 16.3. The fourth-order valence-corrected chi connectivity index (χ4v) is 2.64. The number of hydrogen-bond donors (Lipinski definition) is 1. The van der Waals surface area contributed by atoms with Gasteiger partial charge < -0.3 is 14.6 Å². The molecule has 0 aliphatic carbocycles. The van der Waals surface area contributed by atoms with Gasteiger partial charge in [-0.15, -0.1) is 0 Å². The molecule has 0 aliphatic rings. The van der Waals surface area contributed by atoms with Gasteiger partial charge in [-0.2, -0.15) is 0 Å². The number of anilines is 1. The molecule has 3 rings (SSSR count). The minimum Gasteiger partial charge on any atom is -0.469 e. The zero-order valence-electron chi connectivity index (χ0n) is 14.9. The van der Waals surface area contributed by atoms with Crippen LogP contribution in [0.2, 0.25) is 0 Å². The zero-order valence-corrected chi connectivity index (χ0v) is 14.9. The summed E-state index contributed by atoms with van der Waals surface area (Å²) in [6.07, 6.45) is 8.12. The first-order valence-electron chi connectivity index (χ1n) is 8.35. The SMILES string of the molecule is Cc1occc1-c1nc(NCCCN(C)C)ncc1-c1ccncc1. The summed E-state index contributed by atoms with van der Waals surface area (Å²) in [6, 6.07) is 5.86. The molecule has 0 saturated heterocycles. The average Bonchev–Trinajstić information content (AvgIpc) is 3.05. The predicted molar refractivity (Wildman–Crippen MR) is 99.4 cm³/mol. The predicted octanol–water partition coefficient (Wildman–Crippen LogP) is 3.47. The fraction of sp³-hybridized carbons (Fsp3) is 0.316. The molecule has 1 N–H and O–H groups in total. The number of nitrogens with one attached hydrogen (secondary N) is 1. The molecule has 130 valence electrons. The summed E-state index contributed by atoms with van der Waals surface area (Å²) in [5.41, 5.74) is 3.84. The van der Waals surface area contributed by atoms with Crippen molar-refractivity contribution in [3.8, 4) is 22.4 Å². The molecular formula is C19H23N5O. The smallest absolute Gasteiger partial charge is 0.223 e. The highest BCUT2D eigenvalue weighted by Crippen LogP contribution is 2.32. The minimum atomic E-state index is 0.632. The summed E-state index contributed by atoms with van der Waals surface area (Å²) in [5.74, 6) is 1.47. The van der Waals surface area contributed by atoms with Crippen LogP contribution in [-0.4, -0.2) is 47.0 Å². The Morgan fingerprint density at radius 3 is 2.60 bits per heavy atom. The van der Waals surface area contributed by atoms with Crippen LogP contribution in [0.25, 0.3) is 22.4 Å². The van der Waals surface area contributed by atoms with Crippen molar-refractivity contribution >= 4 is 5.95 Å². The maximum absolute atomic E-state index is 5.48. The second-order valence-corrected chi connectivity index (χ2v) is 6.17. The first-order chi connectivity index (χ1) is 12.1. The van der Waals surface area contributed by atoms with Gasteiger partial charge in [0.15, 0.2) is 0 Å². The summed E-state index contributed by atoms with van der Waals surface area (Å²) in [4.78, 5) is 15.5. The van der Waals surface area contributed by atoms with Crippen LogP contribution in [0.1, 0.15) is 12.2 Å². The van der Waals surface area contributed by atoms with Gasteiger partial charge in [-0.05, 0) is 57.7 Å². The van der Waals surface area contributed by atoms with Gasteiger partial charge in [0.1, 0.15) is 5.76 Å². The minimum absolute atomic E-state index is 0.632. The number of rotatable bonds is 7. The van der Waals surface area contributed by atoms with Crippen LogP contribution in [0.4, 0.5) is 5.95 Å². The molecule has 0 unspecified atom stereocenters. The van der Waals surface area contributed by atoms with Crippen molar-refractivity contribution in [1.29, 1.82) is 0 Å². The maximum Gasteiger partial charge on any atom is 0.223 e. The molecule has 0 radical (unpaired) electrons. The molecule has 25 heavy (non-hydrogen) atoms. The van der Waals surface area contributed by atoms with E-state index >= 15 is 0 Å². The van der Waals surface area contributed by atoms with E-state index < -0.39 is 0 Å². The molecule has 0 amide bonds. The number of aromatic nitrogens is 3. The van der Waals surface area contributed by atoms with E-state index in [-0.39, 0.29) is 0 Å². The Kier molecular flexibility index (Phi) is 5.40. The first kappa shape index (κ1) is 17.1. The molecule has 0 spiro atoms. The Hall–Kier alpha value is -2.73. The van der Waals surface area contributed by atoms with E-state index in [1.54, 1.807) is 18.7 Å². The molecule has 0 fully saturated rings. The quantitative estimate of drug-likeness (QED) is 0.666. The van der Waals surface area contributed by atoms with Crippen LogP contribution in [0.15, 0.2) is 47.5 Å². The lowest BCUT2D eigenvalue weighted by Crippen LogP contribution is -2.17. The zero-order chi connectivity index (χ0) is 17.6. The Morgan fingerprint density at radius 1 is 1.12 bits per heavy atom. The third kappa shape index (κ3) is 4.22. The molecule has 3 aromatic rings. The highest BCUT2D eigenvalue weighted by Gasteiger charge is 2.15. The molecule has 0 atom stereocenters. The second-order valence-electron chi connectivity index (χ2n) is 6.17. The molecule has 6 heteroatoms. The number of aryl methyl sites for hydroxylation is 1. The monoisotopic (exact) mass is 337 g/mol. The van der Waals surface area contributed by atoms with Crippen LogP contribution in [0, 0.1) is 6.92 Å². The molecule has 3 aromatic heterocycles. The molecule has 0 bridgehead atoms. The van der Waals surface area contributed by atoms with E-state index in [2.05, 4.69) is 34.3 Å². The van der Waals surface area contributed by atoms with Crippen molar-refractivity contribution in [3.05, 3.63) is 48.8 Å². The summed E-state index contributed by atoms with van der Waals surface area (Å²) in [7, 11) is 4.14. The lowest BCUT2D eigenvalue weighted by Gasteiger charge is -2.12. The van der Waals surface area contributed by atoms with Crippen LogP contribution in [0.3, 0.4) is 0 Å². The Bertz CT molecular complexity index is 814. The summed E-state index contributed by atoms with van der Waals surface area (Å²) < 4.78 is 5.48. The average molecular weight is 337 g/mol. The number of hydrogen-bond acceptors (Lipinski definition) is 6. The first-order valence-corrected chi connectivity index (χ1v) is 8.35. The van der Waals surface area contributed by atoms with Crippen LogP contribution in [-0.2, 0) is 0 Å². The second kappa shape index (κ2) is 7.90. The van der Waals surface area contributed by atoms with Crippen molar-refractivity contribution in [1.82, 2.24) is 19.9 Å². The van der Waals surface area contributed by atoms with Crippen molar-refractivity contribution in [2.24, 2.45) is 0 Å². The van der Waals surface area contributed by atoms with Crippen molar-refractivity contribution in [2.75, 3.05) is 32.5 Å². The Labute approximate surface area is 147 Å². The molecule has 3 heterocycles. The molecular weight excluding hydrogens is 314 g/mol. The van der Waals surface area contributed by atoms with Gasteiger partial charge in [0, 0.05) is 36.3 Å². The maximum atomic E-state index is 5.48. The van der Waals surface area contributed by atoms with E-state index in [1.165, 1.54) is 0 Å². The van der Waals surface area contributed by atoms with Gasteiger partial charge in [0.25, 0.3) is 0 Å². The van der Waals surface area contributed by atoms with Gasteiger partial charge in [-0.3, -0.25) is 4.98 Å². The van der Waals surface area contributed by atoms with Crippen molar-refractivity contribution in [3.63, 3.8) is 0 Å². The van der Waals surface area contributed by atoms with E-state index in [1.807, 2.05) is 31.3 Å². The van der Waals surface area contributed by atoms with Crippen molar-refractivity contribution < 1.29 is 4.42 Å². The van der Waals surface area contributed by atoms with E-state index in [0.29, 0.717) is 5.95 Å². The topological polar surface area (TPSA) is 67.1 Å². The van der Waals surface area contributed by atoms with Gasteiger partial charge in [0.05, 0.1) is 12.0 Å². The molecule has 0 aliphatic heterocycles. The van der Waals surface area contributed by atoms with Gasteiger partial charge in [-0.25, -0.2) is 9.97 Å². The fourth-order valence-electron chi connectivity index (χ4n) is 2.64. The third-order valence-corrected chi connectivity index (χ3v) is 3.96. The van der Waals surface area contributed by atoms with Gasteiger partial charge >= 0.3 is 0 Å². The van der Waals surface area contributed by atoms with Gasteiger partial charge in [-0.1, -0.05) is 0 Å². The Balaban J connectivity index is 1.90. The van der Waals surface area contributed by atoms with Crippen LogP contribution < -0.4 is 5.32 Å². The number of nitrogens with zero attached hydrogens (tertiary/aromatic N) is 4. The summed E-state index contributed by atoms with van der Waals surface area (Å²) in [6.45, 7) is 3.80. The number of furan rings is 1. The highest BCUT2D eigenvalue weighted by molar-refractivity contribution is 5.81. The number of pyridine rings is 1. The molecule has 0 saturated carbocycles. The molecule has 6 nitrogen and oxygen atoms in total. The van der Waals surface area contributed by atoms with Crippen LogP contribution >= 0.6 is 0 Å². The van der Waals surface area contributed by atoms with Crippen molar-refractivity contribution in [2.45, 2.75) is 13.3 Å². The lowest BCUT2D eigenvalue weighted by atomic mass is 10.0. The summed E-state index contributed by atoms with van der Waals surface area (Å²) >= 11 is 0. The normalized spacial score (nSPS) is 11.0. The third-order valence-electron chi connectivity index (χ3n) is 3.96. The van der Waals surface area contributed by atoms with Crippen LogP contribution in [0.5, 0.6) is 0 Å². The standard InChI is InChI=1S/C19H23N5O/c1-14-16(7-12-25-14)18-17(15-5-9-20-10-6-15)13-22-19(23-18)21-8-4-11-24(2)3/h5-7,9-10,12-13H,4,8,11H2,1-3H3,(H,21,22,23). The molecule has 0 aromatic carbocycles. The van der Waals surface area contributed by atoms with E-state index in [0.717, 1.165) is 47.7 Å². The largest absolute Gasteiger partial charge is 0.469 e. The van der Waals surface area contributed by atoms with Gasteiger partial charge in [0.2, 0.25) is 5.95 Å². The van der Waals surface area contributed by atoms with E-state index in [4.69, 9.17) is 9.40 Å².